The molecule has 1 atom stereocenters. The monoisotopic (exact) mass is 267 g/mol. The van der Waals surface area contributed by atoms with Crippen molar-refractivity contribution in [1.82, 2.24) is 5.32 Å². The summed E-state index contributed by atoms with van der Waals surface area (Å²) in [6.45, 7) is 2.98. The van der Waals surface area contributed by atoms with Crippen molar-refractivity contribution in [3.8, 4) is 0 Å². The summed E-state index contributed by atoms with van der Waals surface area (Å²) in [7, 11) is 0. The number of carbonyl (C=O) groups excluding carboxylic acids is 1. The maximum atomic E-state index is 12.0. The topological polar surface area (TPSA) is 88.8 Å². The standard InChI is InChI=1S/C13H17NO5/c1-2-10-9(13(16)17)6-11(19-10)12(15)14-8-4-3-5-18-7-8/h6,8H,2-5,7H2,1H3,(H,14,15)(H,16,17). The number of aryl methyl sites for hydroxylation is 1. The van der Waals surface area contributed by atoms with Gasteiger partial charge >= 0.3 is 5.97 Å². The quantitative estimate of drug-likeness (QED) is 0.861. The van der Waals surface area contributed by atoms with Crippen LogP contribution in [0.15, 0.2) is 10.5 Å². The van der Waals surface area contributed by atoms with Crippen molar-refractivity contribution < 1.29 is 23.8 Å². The molecule has 1 aliphatic rings. The molecule has 0 bridgehead atoms. The lowest BCUT2D eigenvalue weighted by molar-refractivity contribution is 0.0611. The molecule has 1 aliphatic heterocycles. The zero-order valence-electron chi connectivity index (χ0n) is 10.8. The number of rotatable bonds is 4. The number of ether oxygens (including phenoxy) is 1. The van der Waals surface area contributed by atoms with Crippen LogP contribution in [0.3, 0.4) is 0 Å². The number of carbonyl (C=O) groups is 2. The predicted octanol–water partition coefficient (Wildman–Crippen LogP) is 1.45. The Bertz CT molecular complexity index is 473. The fourth-order valence-electron chi connectivity index (χ4n) is 2.10. The van der Waals surface area contributed by atoms with Crippen LogP contribution in [0.25, 0.3) is 0 Å². The van der Waals surface area contributed by atoms with Gasteiger partial charge in [-0.2, -0.15) is 0 Å². The van der Waals surface area contributed by atoms with Crippen LogP contribution in [0.4, 0.5) is 0 Å². The van der Waals surface area contributed by atoms with E-state index in [9.17, 15) is 9.59 Å². The molecule has 1 aromatic heterocycles. The number of furan rings is 1. The molecule has 0 aromatic carbocycles. The van der Waals surface area contributed by atoms with Crippen molar-refractivity contribution in [2.45, 2.75) is 32.2 Å². The minimum atomic E-state index is -1.08. The highest BCUT2D eigenvalue weighted by atomic mass is 16.5. The van der Waals surface area contributed by atoms with E-state index in [4.69, 9.17) is 14.3 Å². The van der Waals surface area contributed by atoms with Crippen molar-refractivity contribution in [3.63, 3.8) is 0 Å². The molecule has 6 heteroatoms. The number of amides is 1. The molecule has 104 valence electrons. The summed E-state index contributed by atoms with van der Waals surface area (Å²) < 4.78 is 10.6. The normalized spacial score (nSPS) is 19.1. The fraction of sp³-hybridized carbons (Fsp3) is 0.538. The Balaban J connectivity index is 2.08. The zero-order valence-corrected chi connectivity index (χ0v) is 10.8. The van der Waals surface area contributed by atoms with E-state index in [-0.39, 0.29) is 17.4 Å². The Morgan fingerprint density at radius 1 is 1.53 bits per heavy atom. The maximum absolute atomic E-state index is 12.0. The number of aromatic carboxylic acids is 1. The first-order valence-electron chi connectivity index (χ1n) is 6.36. The third-order valence-corrected chi connectivity index (χ3v) is 3.08. The Kier molecular flexibility index (Phi) is 4.21. The number of carboxylic acid groups (broad SMARTS) is 1. The van der Waals surface area contributed by atoms with E-state index in [1.54, 1.807) is 6.92 Å². The predicted molar refractivity (Wildman–Crippen MR) is 66.4 cm³/mol. The third-order valence-electron chi connectivity index (χ3n) is 3.08. The van der Waals surface area contributed by atoms with Gasteiger partial charge < -0.3 is 19.6 Å². The highest BCUT2D eigenvalue weighted by molar-refractivity contribution is 5.96. The minimum absolute atomic E-state index is 0.0373. The van der Waals surface area contributed by atoms with Crippen molar-refractivity contribution in [2.24, 2.45) is 0 Å². The molecular formula is C13H17NO5. The summed E-state index contributed by atoms with van der Waals surface area (Å²) in [6.07, 6.45) is 2.20. The van der Waals surface area contributed by atoms with E-state index in [0.717, 1.165) is 19.4 Å². The van der Waals surface area contributed by atoms with Crippen LogP contribution in [-0.2, 0) is 11.2 Å². The smallest absolute Gasteiger partial charge is 0.339 e. The van der Waals surface area contributed by atoms with Gasteiger partial charge in [-0.25, -0.2) is 4.79 Å². The largest absolute Gasteiger partial charge is 0.478 e. The SMILES string of the molecule is CCc1oc(C(=O)NC2CCCOC2)cc1C(=O)O. The highest BCUT2D eigenvalue weighted by Crippen LogP contribution is 2.17. The zero-order chi connectivity index (χ0) is 13.8. The molecule has 6 nitrogen and oxygen atoms in total. The van der Waals surface area contributed by atoms with Gasteiger partial charge in [0.1, 0.15) is 11.3 Å². The first-order chi connectivity index (χ1) is 9.11. The van der Waals surface area contributed by atoms with Gasteiger partial charge in [-0.3, -0.25) is 4.79 Å². The Labute approximate surface area is 110 Å². The Morgan fingerprint density at radius 2 is 2.32 bits per heavy atom. The van der Waals surface area contributed by atoms with Crippen molar-refractivity contribution in [3.05, 3.63) is 23.2 Å². The van der Waals surface area contributed by atoms with E-state index < -0.39 is 11.9 Å². The van der Waals surface area contributed by atoms with E-state index in [2.05, 4.69) is 5.32 Å². The molecule has 1 unspecified atom stereocenters. The Morgan fingerprint density at radius 3 is 2.84 bits per heavy atom. The average molecular weight is 267 g/mol. The van der Waals surface area contributed by atoms with Gasteiger partial charge in [0.05, 0.1) is 12.6 Å². The van der Waals surface area contributed by atoms with Crippen LogP contribution in [0, 0.1) is 0 Å². The molecule has 2 heterocycles. The van der Waals surface area contributed by atoms with Crippen LogP contribution in [-0.4, -0.2) is 36.2 Å². The number of nitrogens with one attached hydrogen (secondary N) is 1. The van der Waals surface area contributed by atoms with Gasteiger partial charge in [0, 0.05) is 19.1 Å². The minimum Gasteiger partial charge on any atom is -0.478 e. The van der Waals surface area contributed by atoms with Gasteiger partial charge in [-0.1, -0.05) is 6.92 Å². The third kappa shape index (κ3) is 3.14. The van der Waals surface area contributed by atoms with E-state index in [1.165, 1.54) is 6.07 Å². The van der Waals surface area contributed by atoms with Crippen LogP contribution in [0.5, 0.6) is 0 Å². The van der Waals surface area contributed by atoms with Gasteiger partial charge in [-0.05, 0) is 12.8 Å². The van der Waals surface area contributed by atoms with E-state index >= 15 is 0 Å². The number of carboxylic acids is 1. The summed E-state index contributed by atoms with van der Waals surface area (Å²) in [6, 6.07) is 1.24. The van der Waals surface area contributed by atoms with Gasteiger partial charge in [-0.15, -0.1) is 0 Å². The lowest BCUT2D eigenvalue weighted by Crippen LogP contribution is -2.40. The summed E-state index contributed by atoms with van der Waals surface area (Å²) in [5.74, 6) is -1.12. The molecule has 0 saturated carbocycles. The molecule has 0 radical (unpaired) electrons. The van der Waals surface area contributed by atoms with E-state index in [1.807, 2.05) is 0 Å². The summed E-state index contributed by atoms with van der Waals surface area (Å²) in [4.78, 5) is 23.0. The summed E-state index contributed by atoms with van der Waals surface area (Å²) in [5, 5.41) is 11.8. The molecule has 2 rings (SSSR count). The second-order valence-corrected chi connectivity index (χ2v) is 4.49. The van der Waals surface area contributed by atoms with Gasteiger partial charge in [0.25, 0.3) is 5.91 Å². The molecule has 1 amide bonds. The molecule has 1 aromatic rings. The summed E-state index contributed by atoms with van der Waals surface area (Å²) >= 11 is 0. The molecule has 1 saturated heterocycles. The number of hydrogen-bond donors (Lipinski definition) is 2. The second kappa shape index (κ2) is 5.88. The molecule has 2 N–H and O–H groups in total. The van der Waals surface area contributed by atoms with Crippen LogP contribution in [0.1, 0.15) is 46.4 Å². The van der Waals surface area contributed by atoms with Crippen molar-refractivity contribution >= 4 is 11.9 Å². The first-order valence-corrected chi connectivity index (χ1v) is 6.36. The molecule has 19 heavy (non-hydrogen) atoms. The van der Waals surface area contributed by atoms with Crippen molar-refractivity contribution in [1.29, 1.82) is 0 Å². The lowest BCUT2D eigenvalue weighted by Gasteiger charge is -2.22. The summed E-state index contributed by atoms with van der Waals surface area (Å²) in [5.41, 5.74) is 0.0487. The van der Waals surface area contributed by atoms with Crippen LogP contribution in [0.2, 0.25) is 0 Å². The Hall–Kier alpha value is -1.82. The van der Waals surface area contributed by atoms with Crippen molar-refractivity contribution in [2.75, 3.05) is 13.2 Å². The lowest BCUT2D eigenvalue weighted by atomic mass is 10.1. The first kappa shape index (κ1) is 13.6. The average Bonchev–Trinajstić information content (AvgIpc) is 2.84. The van der Waals surface area contributed by atoms with Crippen LogP contribution < -0.4 is 5.32 Å². The molecule has 0 spiro atoms. The molecule has 0 aliphatic carbocycles. The molecular weight excluding hydrogens is 250 g/mol. The van der Waals surface area contributed by atoms with Crippen LogP contribution >= 0.6 is 0 Å². The second-order valence-electron chi connectivity index (χ2n) is 4.49. The fourth-order valence-corrected chi connectivity index (χ4v) is 2.10. The highest BCUT2D eigenvalue weighted by Gasteiger charge is 2.22. The maximum Gasteiger partial charge on any atom is 0.339 e. The van der Waals surface area contributed by atoms with Gasteiger partial charge in [0.15, 0.2) is 5.76 Å². The molecule has 1 fully saturated rings. The number of hydrogen-bond acceptors (Lipinski definition) is 4. The van der Waals surface area contributed by atoms with Gasteiger partial charge in [0.2, 0.25) is 0 Å². The van der Waals surface area contributed by atoms with E-state index in [0.29, 0.717) is 18.8 Å².